The molecule has 2 rings (SSSR count). The van der Waals surface area contributed by atoms with Gasteiger partial charge in [0.1, 0.15) is 5.75 Å². The summed E-state index contributed by atoms with van der Waals surface area (Å²) in [4.78, 5) is 0. The van der Waals surface area contributed by atoms with Gasteiger partial charge in [-0.1, -0.05) is 42.0 Å². The molecule has 21 heavy (non-hydrogen) atoms. The Morgan fingerprint density at radius 1 is 1.14 bits per heavy atom. The minimum atomic E-state index is 0.0828. The van der Waals surface area contributed by atoms with Crippen LogP contribution in [0, 0.1) is 13.8 Å². The molecule has 3 nitrogen and oxygen atoms in total. The first kappa shape index (κ1) is 15.5. The summed E-state index contributed by atoms with van der Waals surface area (Å²) in [5.41, 5.74) is 7.95. The fourth-order valence-corrected chi connectivity index (χ4v) is 2.65. The lowest BCUT2D eigenvalue weighted by Crippen LogP contribution is -2.29. The van der Waals surface area contributed by atoms with E-state index in [9.17, 15) is 0 Å². The van der Waals surface area contributed by atoms with E-state index in [1.165, 1.54) is 16.7 Å². The Morgan fingerprint density at radius 3 is 2.57 bits per heavy atom. The van der Waals surface area contributed by atoms with Crippen molar-refractivity contribution < 1.29 is 4.74 Å². The van der Waals surface area contributed by atoms with E-state index in [2.05, 4.69) is 55.7 Å². The second-order valence-corrected chi connectivity index (χ2v) is 5.43. The van der Waals surface area contributed by atoms with Crippen molar-refractivity contribution in [2.24, 2.45) is 5.84 Å². The van der Waals surface area contributed by atoms with E-state index < -0.39 is 0 Å². The second-order valence-electron chi connectivity index (χ2n) is 5.43. The number of hydrogen-bond acceptors (Lipinski definition) is 3. The summed E-state index contributed by atoms with van der Waals surface area (Å²) in [6.45, 7) is 4.23. The summed E-state index contributed by atoms with van der Waals surface area (Å²) >= 11 is 0. The highest BCUT2D eigenvalue weighted by molar-refractivity contribution is 5.39. The number of methoxy groups -OCH3 is 1. The minimum absolute atomic E-state index is 0.0828. The Kier molecular flexibility index (Phi) is 5.37. The predicted molar refractivity (Wildman–Crippen MR) is 87.3 cm³/mol. The molecule has 112 valence electrons. The normalized spacial score (nSPS) is 12.2. The number of aryl methyl sites for hydroxylation is 3. The fourth-order valence-electron chi connectivity index (χ4n) is 2.65. The number of benzene rings is 2. The predicted octanol–water partition coefficient (Wildman–Crippen LogP) is 3.45. The number of nitrogens with two attached hydrogens (primary N) is 1. The molecule has 0 heterocycles. The quantitative estimate of drug-likeness (QED) is 0.631. The van der Waals surface area contributed by atoms with E-state index in [0.29, 0.717) is 0 Å². The van der Waals surface area contributed by atoms with E-state index in [-0.39, 0.29) is 6.04 Å². The average Bonchev–Trinajstić information content (AvgIpc) is 2.50. The first-order valence-corrected chi connectivity index (χ1v) is 7.31. The zero-order chi connectivity index (χ0) is 15.2. The van der Waals surface area contributed by atoms with Gasteiger partial charge in [0.15, 0.2) is 0 Å². The molecule has 3 N–H and O–H groups in total. The SMILES string of the molecule is COc1ccc(C)cc1C(CCc1ccccc1C)NN. The molecule has 1 atom stereocenters. The van der Waals surface area contributed by atoms with Gasteiger partial charge < -0.3 is 4.74 Å². The van der Waals surface area contributed by atoms with Gasteiger partial charge in [0.25, 0.3) is 0 Å². The monoisotopic (exact) mass is 284 g/mol. The second kappa shape index (κ2) is 7.25. The van der Waals surface area contributed by atoms with Crippen molar-refractivity contribution >= 4 is 0 Å². The zero-order valence-corrected chi connectivity index (χ0v) is 13.0. The maximum atomic E-state index is 5.78. The van der Waals surface area contributed by atoms with Gasteiger partial charge >= 0.3 is 0 Å². The lowest BCUT2D eigenvalue weighted by atomic mass is 9.95. The van der Waals surface area contributed by atoms with Crippen LogP contribution < -0.4 is 16.0 Å². The Labute approximate surface area is 127 Å². The lowest BCUT2D eigenvalue weighted by Gasteiger charge is -2.20. The first-order chi connectivity index (χ1) is 10.2. The van der Waals surface area contributed by atoms with E-state index in [4.69, 9.17) is 10.6 Å². The van der Waals surface area contributed by atoms with Gasteiger partial charge in [-0.25, -0.2) is 0 Å². The Hall–Kier alpha value is -1.84. The lowest BCUT2D eigenvalue weighted by molar-refractivity contribution is 0.396. The summed E-state index contributed by atoms with van der Waals surface area (Å²) in [5, 5.41) is 0. The van der Waals surface area contributed by atoms with Gasteiger partial charge in [0.2, 0.25) is 0 Å². The number of hydrazine groups is 1. The van der Waals surface area contributed by atoms with Crippen LogP contribution in [0.5, 0.6) is 5.75 Å². The first-order valence-electron chi connectivity index (χ1n) is 7.31. The smallest absolute Gasteiger partial charge is 0.123 e. The summed E-state index contributed by atoms with van der Waals surface area (Å²) in [5.74, 6) is 6.66. The van der Waals surface area contributed by atoms with Crippen LogP contribution >= 0.6 is 0 Å². The third-order valence-electron chi connectivity index (χ3n) is 3.93. The molecule has 3 heteroatoms. The number of ether oxygens (including phenoxy) is 1. The van der Waals surface area contributed by atoms with Crippen LogP contribution in [-0.2, 0) is 6.42 Å². The van der Waals surface area contributed by atoms with Crippen LogP contribution in [0.1, 0.15) is 34.7 Å². The van der Waals surface area contributed by atoms with Gasteiger partial charge in [0.05, 0.1) is 7.11 Å². The number of hydrogen-bond donors (Lipinski definition) is 2. The Bertz CT molecular complexity index is 596. The topological polar surface area (TPSA) is 47.3 Å². The molecule has 0 amide bonds. The van der Waals surface area contributed by atoms with Crippen LogP contribution in [-0.4, -0.2) is 7.11 Å². The van der Waals surface area contributed by atoms with Gasteiger partial charge in [-0.05, 0) is 43.9 Å². The molecule has 2 aromatic carbocycles. The van der Waals surface area contributed by atoms with Crippen LogP contribution in [0.25, 0.3) is 0 Å². The van der Waals surface area contributed by atoms with E-state index in [0.717, 1.165) is 24.2 Å². The highest BCUT2D eigenvalue weighted by atomic mass is 16.5. The molecular formula is C18H24N2O. The summed E-state index contributed by atoms with van der Waals surface area (Å²) in [6, 6.07) is 14.8. The molecule has 0 aliphatic heterocycles. The van der Waals surface area contributed by atoms with Crippen molar-refractivity contribution in [3.05, 3.63) is 64.7 Å². The van der Waals surface area contributed by atoms with Crippen molar-refractivity contribution in [2.45, 2.75) is 32.7 Å². The van der Waals surface area contributed by atoms with Crippen molar-refractivity contribution in [1.29, 1.82) is 0 Å². The van der Waals surface area contributed by atoms with E-state index in [1.807, 2.05) is 6.07 Å². The van der Waals surface area contributed by atoms with Gasteiger partial charge in [0, 0.05) is 11.6 Å². The molecule has 1 unspecified atom stereocenters. The standard InChI is InChI=1S/C18H24N2O/c1-13-8-11-18(21-3)16(12-13)17(20-19)10-9-15-7-5-4-6-14(15)2/h4-8,11-12,17,20H,9-10,19H2,1-3H3. The number of rotatable bonds is 6. The molecule has 0 aromatic heterocycles. The fraction of sp³-hybridized carbons (Fsp3) is 0.333. The molecule has 0 aliphatic carbocycles. The van der Waals surface area contributed by atoms with E-state index >= 15 is 0 Å². The maximum absolute atomic E-state index is 5.78. The highest BCUT2D eigenvalue weighted by Crippen LogP contribution is 2.29. The molecule has 0 saturated carbocycles. The summed E-state index contributed by atoms with van der Waals surface area (Å²) in [7, 11) is 1.70. The molecule has 0 saturated heterocycles. The zero-order valence-electron chi connectivity index (χ0n) is 13.0. The largest absolute Gasteiger partial charge is 0.496 e. The molecule has 0 spiro atoms. The highest BCUT2D eigenvalue weighted by Gasteiger charge is 2.15. The minimum Gasteiger partial charge on any atom is -0.496 e. The van der Waals surface area contributed by atoms with Crippen LogP contribution in [0.4, 0.5) is 0 Å². The number of nitrogens with one attached hydrogen (secondary N) is 1. The average molecular weight is 284 g/mol. The van der Waals surface area contributed by atoms with Crippen molar-refractivity contribution in [1.82, 2.24) is 5.43 Å². The van der Waals surface area contributed by atoms with E-state index in [1.54, 1.807) is 7.11 Å². The van der Waals surface area contributed by atoms with Gasteiger partial charge in [-0.15, -0.1) is 0 Å². The van der Waals surface area contributed by atoms with Crippen LogP contribution in [0.15, 0.2) is 42.5 Å². The van der Waals surface area contributed by atoms with Crippen LogP contribution in [0.3, 0.4) is 0 Å². The molecule has 0 bridgehead atoms. The Morgan fingerprint density at radius 2 is 1.90 bits per heavy atom. The molecule has 2 aromatic rings. The van der Waals surface area contributed by atoms with Crippen molar-refractivity contribution in [3.8, 4) is 5.75 Å². The van der Waals surface area contributed by atoms with Crippen molar-refractivity contribution in [3.63, 3.8) is 0 Å². The van der Waals surface area contributed by atoms with Gasteiger partial charge in [-0.2, -0.15) is 0 Å². The molecule has 0 radical (unpaired) electrons. The summed E-state index contributed by atoms with van der Waals surface area (Å²) < 4.78 is 5.46. The Balaban J connectivity index is 2.17. The van der Waals surface area contributed by atoms with Crippen molar-refractivity contribution in [2.75, 3.05) is 7.11 Å². The third kappa shape index (κ3) is 3.84. The summed E-state index contributed by atoms with van der Waals surface area (Å²) in [6.07, 6.45) is 1.92. The molecule has 0 aliphatic rings. The maximum Gasteiger partial charge on any atom is 0.123 e. The van der Waals surface area contributed by atoms with Crippen LogP contribution in [0.2, 0.25) is 0 Å². The molecular weight excluding hydrogens is 260 g/mol. The molecule has 0 fully saturated rings. The third-order valence-corrected chi connectivity index (χ3v) is 3.93. The van der Waals surface area contributed by atoms with Gasteiger partial charge in [-0.3, -0.25) is 11.3 Å².